The number of hydrogen-bond acceptors (Lipinski definition) is 0. The molecule has 0 unspecified atom stereocenters. The van der Waals surface area contributed by atoms with Gasteiger partial charge in [0.1, 0.15) is 0 Å². The molecule has 1 aromatic carbocycles. The van der Waals surface area contributed by atoms with Gasteiger partial charge in [-0.25, -0.2) is 0 Å². The highest BCUT2D eigenvalue weighted by Crippen LogP contribution is 2.02. The van der Waals surface area contributed by atoms with Gasteiger partial charge in [0.05, 0.1) is 0 Å². The molecule has 0 N–H and O–H groups in total. The van der Waals surface area contributed by atoms with Crippen LogP contribution in [0.1, 0.15) is 18.9 Å². The third-order valence-corrected chi connectivity index (χ3v) is 1.68. The van der Waals surface area contributed by atoms with Crippen molar-refractivity contribution in [3.05, 3.63) is 48.0 Å². The van der Waals surface area contributed by atoms with E-state index >= 15 is 0 Å². The first-order valence-corrected chi connectivity index (χ1v) is 4.08. The van der Waals surface area contributed by atoms with Crippen LogP contribution in [0, 0.1) is 0 Å². The molecular formula is C11H14. The summed E-state index contributed by atoms with van der Waals surface area (Å²) in [5, 5.41) is 0. The van der Waals surface area contributed by atoms with Crippen molar-refractivity contribution in [3.8, 4) is 0 Å². The smallest absolute Gasteiger partial charge is 0.0244 e. The molecule has 0 radical (unpaired) electrons. The third kappa shape index (κ3) is 3.03. The lowest BCUT2D eigenvalue weighted by atomic mass is 10.1. The van der Waals surface area contributed by atoms with Crippen LogP contribution in [0.3, 0.4) is 0 Å². The van der Waals surface area contributed by atoms with Gasteiger partial charge in [-0.1, -0.05) is 42.5 Å². The molecule has 0 heteroatoms. The fraction of sp³-hybridized carbons (Fsp3) is 0.273. The second-order valence-corrected chi connectivity index (χ2v) is 2.59. The van der Waals surface area contributed by atoms with Crippen LogP contribution in [-0.2, 0) is 6.42 Å². The summed E-state index contributed by atoms with van der Waals surface area (Å²) in [6.45, 7) is 2.06. The second-order valence-electron chi connectivity index (χ2n) is 2.59. The van der Waals surface area contributed by atoms with Gasteiger partial charge in [0.2, 0.25) is 0 Å². The van der Waals surface area contributed by atoms with Crippen LogP contribution < -0.4 is 0 Å². The molecule has 11 heavy (non-hydrogen) atoms. The number of rotatable bonds is 3. The summed E-state index contributed by atoms with van der Waals surface area (Å²) in [6.07, 6.45) is 6.61. The highest BCUT2D eigenvalue weighted by molar-refractivity contribution is 5.15. The highest BCUT2D eigenvalue weighted by atomic mass is 13.9. The maximum Gasteiger partial charge on any atom is -0.0244 e. The summed E-state index contributed by atoms with van der Waals surface area (Å²) in [6, 6.07) is 10.6. The lowest BCUT2D eigenvalue weighted by Crippen LogP contribution is -1.80. The van der Waals surface area contributed by atoms with Crippen molar-refractivity contribution >= 4 is 0 Å². The quantitative estimate of drug-likeness (QED) is 0.574. The average molecular weight is 146 g/mol. The van der Waals surface area contributed by atoms with Gasteiger partial charge >= 0.3 is 0 Å². The summed E-state index contributed by atoms with van der Waals surface area (Å²) in [5.74, 6) is 0. The van der Waals surface area contributed by atoms with E-state index in [2.05, 4.69) is 49.4 Å². The van der Waals surface area contributed by atoms with Crippen LogP contribution in [0.2, 0.25) is 0 Å². The Balaban J connectivity index is 2.39. The Kier molecular flexibility index (Phi) is 3.46. The van der Waals surface area contributed by atoms with Crippen LogP contribution >= 0.6 is 0 Å². The molecule has 0 fully saturated rings. The summed E-state index contributed by atoms with van der Waals surface area (Å²) < 4.78 is 0. The number of aryl methyl sites for hydroxylation is 1. The maximum atomic E-state index is 2.20. The molecule has 0 saturated carbocycles. The summed E-state index contributed by atoms with van der Waals surface area (Å²) >= 11 is 0. The van der Waals surface area contributed by atoms with E-state index in [4.69, 9.17) is 0 Å². The largest absolute Gasteiger partial charge is 0.0917 e. The van der Waals surface area contributed by atoms with Gasteiger partial charge < -0.3 is 0 Å². The average Bonchev–Trinajstić information content (AvgIpc) is 2.07. The minimum Gasteiger partial charge on any atom is -0.0917 e. The first-order valence-electron chi connectivity index (χ1n) is 4.08. The molecule has 0 aromatic heterocycles. The molecule has 1 aromatic rings. The van der Waals surface area contributed by atoms with E-state index in [9.17, 15) is 0 Å². The van der Waals surface area contributed by atoms with Gasteiger partial charge in [0.15, 0.2) is 0 Å². The maximum absolute atomic E-state index is 2.20. The van der Waals surface area contributed by atoms with Crippen LogP contribution in [0.15, 0.2) is 42.5 Å². The Hall–Kier alpha value is -1.04. The van der Waals surface area contributed by atoms with Gasteiger partial charge in [-0.3, -0.25) is 0 Å². The molecule has 0 atom stereocenters. The van der Waals surface area contributed by atoms with E-state index in [0.29, 0.717) is 0 Å². The molecular weight excluding hydrogens is 132 g/mol. The summed E-state index contributed by atoms with van der Waals surface area (Å²) in [7, 11) is 0. The Labute approximate surface area is 68.6 Å². The molecule has 0 saturated heterocycles. The molecule has 0 nitrogen and oxygen atoms in total. The molecule has 0 heterocycles. The SMILES string of the molecule is CC=CCCc1ccccc1. The Bertz CT molecular complexity index is 209. The standard InChI is InChI=1S/C11H14/c1-2-3-5-8-11-9-6-4-7-10-11/h2-4,6-7,9-10H,5,8H2,1H3. The number of allylic oxidation sites excluding steroid dienone is 2. The predicted molar refractivity (Wildman–Crippen MR) is 49.6 cm³/mol. The fourth-order valence-electron chi connectivity index (χ4n) is 1.06. The first-order chi connectivity index (χ1) is 5.43. The van der Waals surface area contributed by atoms with E-state index < -0.39 is 0 Å². The van der Waals surface area contributed by atoms with Crippen molar-refractivity contribution in [2.45, 2.75) is 19.8 Å². The lowest BCUT2D eigenvalue weighted by Gasteiger charge is -1.95. The van der Waals surface area contributed by atoms with Crippen LogP contribution in [0.4, 0.5) is 0 Å². The molecule has 0 amide bonds. The van der Waals surface area contributed by atoms with Crippen LogP contribution in [-0.4, -0.2) is 0 Å². The zero-order valence-electron chi connectivity index (χ0n) is 6.96. The van der Waals surface area contributed by atoms with E-state index in [1.807, 2.05) is 0 Å². The summed E-state index contributed by atoms with van der Waals surface area (Å²) in [4.78, 5) is 0. The Morgan fingerprint density at radius 1 is 1.18 bits per heavy atom. The fourth-order valence-corrected chi connectivity index (χ4v) is 1.06. The van der Waals surface area contributed by atoms with Crippen LogP contribution in [0.5, 0.6) is 0 Å². The molecule has 1 rings (SSSR count). The van der Waals surface area contributed by atoms with Crippen molar-refractivity contribution in [2.75, 3.05) is 0 Å². The monoisotopic (exact) mass is 146 g/mol. The molecule has 0 spiro atoms. The third-order valence-electron chi connectivity index (χ3n) is 1.68. The van der Waals surface area contributed by atoms with Crippen molar-refractivity contribution < 1.29 is 0 Å². The van der Waals surface area contributed by atoms with Crippen molar-refractivity contribution in [1.82, 2.24) is 0 Å². The van der Waals surface area contributed by atoms with Gasteiger partial charge in [0.25, 0.3) is 0 Å². The highest BCUT2D eigenvalue weighted by Gasteiger charge is 1.86. The normalized spacial score (nSPS) is 10.6. The lowest BCUT2D eigenvalue weighted by molar-refractivity contribution is 1.000. The van der Waals surface area contributed by atoms with Crippen molar-refractivity contribution in [3.63, 3.8) is 0 Å². The van der Waals surface area contributed by atoms with E-state index in [0.717, 1.165) is 12.8 Å². The Morgan fingerprint density at radius 2 is 1.91 bits per heavy atom. The zero-order chi connectivity index (χ0) is 7.94. The van der Waals surface area contributed by atoms with E-state index in [1.54, 1.807) is 0 Å². The molecule has 0 aliphatic carbocycles. The molecule has 0 aliphatic heterocycles. The van der Waals surface area contributed by atoms with Crippen molar-refractivity contribution in [1.29, 1.82) is 0 Å². The predicted octanol–water partition coefficient (Wildman–Crippen LogP) is 3.20. The van der Waals surface area contributed by atoms with E-state index in [-0.39, 0.29) is 0 Å². The number of benzene rings is 1. The molecule has 0 aliphatic rings. The van der Waals surface area contributed by atoms with Gasteiger partial charge in [-0.05, 0) is 25.3 Å². The summed E-state index contributed by atoms with van der Waals surface area (Å²) in [5.41, 5.74) is 1.42. The van der Waals surface area contributed by atoms with Crippen molar-refractivity contribution in [2.24, 2.45) is 0 Å². The number of hydrogen-bond donors (Lipinski definition) is 0. The second kappa shape index (κ2) is 4.73. The van der Waals surface area contributed by atoms with E-state index in [1.165, 1.54) is 5.56 Å². The van der Waals surface area contributed by atoms with Gasteiger partial charge in [-0.2, -0.15) is 0 Å². The zero-order valence-corrected chi connectivity index (χ0v) is 6.96. The van der Waals surface area contributed by atoms with Crippen LogP contribution in [0.25, 0.3) is 0 Å². The molecule has 58 valence electrons. The Morgan fingerprint density at radius 3 is 2.55 bits per heavy atom. The first kappa shape index (κ1) is 8.06. The topological polar surface area (TPSA) is 0 Å². The minimum atomic E-state index is 1.15. The van der Waals surface area contributed by atoms with Gasteiger partial charge in [0, 0.05) is 0 Å². The minimum absolute atomic E-state index is 1.15. The molecule has 0 bridgehead atoms. The van der Waals surface area contributed by atoms with Gasteiger partial charge in [-0.15, -0.1) is 0 Å².